The smallest absolute Gasteiger partial charge is 0.0788 e. The molecule has 0 unspecified atom stereocenters. The van der Waals surface area contributed by atoms with Crippen LogP contribution in [0.3, 0.4) is 0 Å². The van der Waals surface area contributed by atoms with E-state index in [4.69, 9.17) is 0 Å². The number of hydrogen-bond acceptors (Lipinski definition) is 0. The standard InChI is InChI=1S/C13H28N.FH/c1-3-5-7-11-14(10-6-4-2)12-8-9-13-14;/h3-13H2,1-2H3;1H/q+1;/p-1. The van der Waals surface area contributed by atoms with Gasteiger partial charge in [-0.15, -0.1) is 0 Å². The lowest BCUT2D eigenvalue weighted by molar-refractivity contribution is -0.917. The molecule has 0 saturated carbocycles. The summed E-state index contributed by atoms with van der Waals surface area (Å²) in [4.78, 5) is 0. The topological polar surface area (TPSA) is 0 Å². The third kappa shape index (κ3) is 4.96. The Morgan fingerprint density at radius 1 is 0.800 bits per heavy atom. The highest BCUT2D eigenvalue weighted by Gasteiger charge is 2.30. The maximum absolute atomic E-state index is 2.32. The van der Waals surface area contributed by atoms with Gasteiger partial charge in [0, 0.05) is 12.8 Å². The number of likely N-dealkylation sites (tertiary alicyclic amines) is 1. The number of quaternary nitrogens is 1. The molecule has 2 heteroatoms. The van der Waals surface area contributed by atoms with Crippen LogP contribution >= 0.6 is 0 Å². The van der Waals surface area contributed by atoms with Gasteiger partial charge in [-0.05, 0) is 19.3 Å². The Bertz CT molecular complexity index is 141. The summed E-state index contributed by atoms with van der Waals surface area (Å²) < 4.78 is 1.47. The maximum Gasteiger partial charge on any atom is 0.0788 e. The van der Waals surface area contributed by atoms with E-state index in [0.717, 1.165) is 0 Å². The molecule has 0 N–H and O–H groups in total. The zero-order valence-corrected chi connectivity index (χ0v) is 10.6. The predicted octanol–water partition coefficient (Wildman–Crippen LogP) is 0.591. The minimum absolute atomic E-state index is 0. The lowest BCUT2D eigenvalue weighted by atomic mass is 10.2. The highest BCUT2D eigenvalue weighted by Crippen LogP contribution is 2.21. The molecule has 1 aliphatic heterocycles. The molecule has 15 heavy (non-hydrogen) atoms. The molecule has 0 spiro atoms. The molecule has 0 aliphatic carbocycles. The van der Waals surface area contributed by atoms with Gasteiger partial charge in [0.05, 0.1) is 26.2 Å². The van der Waals surface area contributed by atoms with E-state index in [0.29, 0.717) is 0 Å². The minimum atomic E-state index is 0. The Hall–Kier alpha value is -0.110. The number of halogens is 1. The quantitative estimate of drug-likeness (QED) is 0.432. The van der Waals surface area contributed by atoms with Crippen molar-refractivity contribution in [2.24, 2.45) is 0 Å². The van der Waals surface area contributed by atoms with Gasteiger partial charge in [0.15, 0.2) is 0 Å². The van der Waals surface area contributed by atoms with E-state index in [1.807, 2.05) is 0 Å². The van der Waals surface area contributed by atoms with Gasteiger partial charge in [-0.25, -0.2) is 0 Å². The zero-order chi connectivity index (χ0) is 10.3. The molecule has 1 heterocycles. The van der Waals surface area contributed by atoms with E-state index >= 15 is 0 Å². The van der Waals surface area contributed by atoms with Gasteiger partial charge in [-0.2, -0.15) is 0 Å². The molecule has 1 nitrogen and oxygen atoms in total. The zero-order valence-electron chi connectivity index (χ0n) is 10.6. The summed E-state index contributed by atoms with van der Waals surface area (Å²) in [6.45, 7) is 10.5. The van der Waals surface area contributed by atoms with Crippen molar-refractivity contribution in [1.29, 1.82) is 0 Å². The van der Waals surface area contributed by atoms with Crippen LogP contribution in [0.2, 0.25) is 0 Å². The van der Waals surface area contributed by atoms with Crippen molar-refractivity contribution in [2.75, 3.05) is 26.2 Å². The lowest BCUT2D eigenvalue weighted by Crippen LogP contribution is -3.00. The van der Waals surface area contributed by atoms with Crippen LogP contribution in [0.25, 0.3) is 0 Å². The van der Waals surface area contributed by atoms with Crippen LogP contribution < -0.4 is 4.70 Å². The number of unbranched alkanes of at least 4 members (excludes halogenated alkanes) is 3. The summed E-state index contributed by atoms with van der Waals surface area (Å²) in [7, 11) is 0. The average molecular weight is 217 g/mol. The van der Waals surface area contributed by atoms with Crippen LogP contribution in [0.4, 0.5) is 0 Å². The first kappa shape index (κ1) is 14.9. The highest BCUT2D eigenvalue weighted by atomic mass is 19.0. The molecule has 0 atom stereocenters. The van der Waals surface area contributed by atoms with Crippen LogP contribution in [-0.2, 0) is 0 Å². The lowest BCUT2D eigenvalue weighted by Gasteiger charge is -2.34. The van der Waals surface area contributed by atoms with Gasteiger partial charge in [0.25, 0.3) is 0 Å². The second-order valence-corrected chi connectivity index (χ2v) is 5.00. The summed E-state index contributed by atoms with van der Waals surface area (Å²) >= 11 is 0. The van der Waals surface area contributed by atoms with Crippen molar-refractivity contribution < 1.29 is 9.19 Å². The Morgan fingerprint density at radius 2 is 1.33 bits per heavy atom. The molecule has 92 valence electrons. The first-order valence-corrected chi connectivity index (χ1v) is 6.68. The van der Waals surface area contributed by atoms with Crippen molar-refractivity contribution >= 4 is 0 Å². The molecular weight excluding hydrogens is 189 g/mol. The predicted molar refractivity (Wildman–Crippen MR) is 63.4 cm³/mol. The van der Waals surface area contributed by atoms with Gasteiger partial charge in [-0.1, -0.05) is 26.7 Å². The van der Waals surface area contributed by atoms with Gasteiger partial charge < -0.3 is 9.19 Å². The summed E-state index contributed by atoms with van der Waals surface area (Å²) in [5, 5.41) is 0. The molecule has 0 aromatic heterocycles. The van der Waals surface area contributed by atoms with E-state index in [1.165, 1.54) is 75.6 Å². The number of nitrogens with zero attached hydrogens (tertiary/aromatic N) is 1. The second kappa shape index (κ2) is 8.09. The monoisotopic (exact) mass is 217 g/mol. The van der Waals surface area contributed by atoms with Crippen molar-refractivity contribution in [3.8, 4) is 0 Å². The first-order chi connectivity index (χ1) is 6.83. The van der Waals surface area contributed by atoms with Crippen molar-refractivity contribution in [1.82, 2.24) is 0 Å². The van der Waals surface area contributed by atoms with Crippen molar-refractivity contribution in [3.63, 3.8) is 0 Å². The third-order valence-corrected chi connectivity index (χ3v) is 3.74. The fourth-order valence-electron chi connectivity index (χ4n) is 2.76. The van der Waals surface area contributed by atoms with Crippen LogP contribution in [0.15, 0.2) is 0 Å². The summed E-state index contributed by atoms with van der Waals surface area (Å²) in [5.74, 6) is 0. The summed E-state index contributed by atoms with van der Waals surface area (Å²) in [6.07, 6.45) is 10.0. The van der Waals surface area contributed by atoms with Crippen molar-refractivity contribution in [3.05, 3.63) is 0 Å². The molecule has 0 radical (unpaired) electrons. The largest absolute Gasteiger partial charge is 1.00 e. The maximum atomic E-state index is 2.32. The molecular formula is C13H28FN. The summed E-state index contributed by atoms with van der Waals surface area (Å²) in [5.41, 5.74) is 0. The molecule has 1 aliphatic rings. The molecule has 0 bridgehead atoms. The van der Waals surface area contributed by atoms with Gasteiger partial charge >= 0.3 is 0 Å². The molecule has 1 saturated heterocycles. The second-order valence-electron chi connectivity index (χ2n) is 5.00. The van der Waals surface area contributed by atoms with E-state index < -0.39 is 0 Å². The van der Waals surface area contributed by atoms with E-state index in [1.54, 1.807) is 0 Å². The normalized spacial score (nSPS) is 18.8. The van der Waals surface area contributed by atoms with Gasteiger partial charge in [0.1, 0.15) is 0 Å². The Morgan fingerprint density at radius 3 is 1.87 bits per heavy atom. The Labute approximate surface area is 94.8 Å². The Balaban J connectivity index is 0.00000196. The SMILES string of the molecule is CCCCC[N+]1(CCCC)CCCC1.[F-]. The number of hydrogen-bond donors (Lipinski definition) is 0. The first-order valence-electron chi connectivity index (χ1n) is 6.68. The minimum Gasteiger partial charge on any atom is -1.00 e. The van der Waals surface area contributed by atoms with E-state index in [2.05, 4.69) is 13.8 Å². The molecule has 0 aromatic rings. The molecule has 1 fully saturated rings. The highest BCUT2D eigenvalue weighted by molar-refractivity contribution is 4.55. The van der Waals surface area contributed by atoms with E-state index in [-0.39, 0.29) is 4.70 Å². The molecule has 1 rings (SSSR count). The molecule has 0 aromatic carbocycles. The van der Waals surface area contributed by atoms with Crippen molar-refractivity contribution in [2.45, 2.75) is 58.8 Å². The van der Waals surface area contributed by atoms with E-state index in [9.17, 15) is 0 Å². The fourth-order valence-corrected chi connectivity index (χ4v) is 2.76. The van der Waals surface area contributed by atoms with Gasteiger partial charge in [-0.3, -0.25) is 0 Å². The third-order valence-electron chi connectivity index (χ3n) is 3.74. The average Bonchev–Trinajstić information content (AvgIpc) is 2.65. The summed E-state index contributed by atoms with van der Waals surface area (Å²) in [6, 6.07) is 0. The fraction of sp³-hybridized carbons (Fsp3) is 1.00. The van der Waals surface area contributed by atoms with Crippen LogP contribution in [0.5, 0.6) is 0 Å². The molecule has 0 amide bonds. The Kier molecular flexibility index (Phi) is 8.03. The van der Waals surface area contributed by atoms with Gasteiger partial charge in [0.2, 0.25) is 0 Å². The van der Waals surface area contributed by atoms with Crippen LogP contribution in [0.1, 0.15) is 58.8 Å². The number of rotatable bonds is 7. The van der Waals surface area contributed by atoms with Crippen LogP contribution in [-0.4, -0.2) is 30.7 Å². The van der Waals surface area contributed by atoms with Crippen LogP contribution in [0, 0.1) is 0 Å².